The Bertz CT molecular complexity index is 1780. The Morgan fingerprint density at radius 3 is 0.896 bits per heavy atom. The molecule has 0 aliphatic carbocycles. The lowest BCUT2D eigenvalue weighted by Gasteiger charge is -2.22. The second-order valence-electron chi connectivity index (χ2n) is 9.94. The molecule has 0 bridgehead atoms. The molecular weight excluding hydrogens is 632 g/mol. The minimum absolute atomic E-state index is 0.000594. The van der Waals surface area contributed by atoms with Gasteiger partial charge in [0.2, 0.25) is 34.6 Å². The smallest absolute Gasteiger partial charge is 0.237 e. The van der Waals surface area contributed by atoms with Gasteiger partial charge in [0.1, 0.15) is 23.0 Å². The predicted octanol–water partition coefficient (Wildman–Crippen LogP) is 4.36. The van der Waals surface area contributed by atoms with Crippen molar-refractivity contribution in [3.05, 3.63) is 70.8 Å². The van der Waals surface area contributed by atoms with Crippen molar-refractivity contribution in [3.8, 4) is 68.6 Å². The first-order valence-corrected chi connectivity index (χ1v) is 13.8. The summed E-state index contributed by atoms with van der Waals surface area (Å²) in [5.41, 5.74) is -1.37. The molecule has 14 heteroatoms. The van der Waals surface area contributed by atoms with Crippen molar-refractivity contribution >= 4 is 23.1 Å². The number of ether oxygens (including phenoxy) is 6. The van der Waals surface area contributed by atoms with E-state index >= 15 is 0 Å². The van der Waals surface area contributed by atoms with E-state index in [1.54, 1.807) is 0 Å². The lowest BCUT2D eigenvalue weighted by molar-refractivity contribution is 0.0814. The fraction of sp³-hybridized carbons (Fsp3) is 0.176. The molecule has 0 aliphatic rings. The molecule has 14 nitrogen and oxygen atoms in total. The third kappa shape index (κ3) is 6.18. The van der Waals surface area contributed by atoms with Gasteiger partial charge in [0.25, 0.3) is 0 Å². The summed E-state index contributed by atoms with van der Waals surface area (Å²) < 4.78 is 33.3. The van der Waals surface area contributed by atoms with Crippen LogP contribution < -0.4 is 28.4 Å². The predicted molar refractivity (Wildman–Crippen MR) is 168 cm³/mol. The first kappa shape index (κ1) is 34.4. The van der Waals surface area contributed by atoms with Crippen molar-refractivity contribution < 1.29 is 68.0 Å². The van der Waals surface area contributed by atoms with Crippen molar-refractivity contribution in [3.63, 3.8) is 0 Å². The van der Waals surface area contributed by atoms with Crippen molar-refractivity contribution in [1.82, 2.24) is 0 Å². The van der Waals surface area contributed by atoms with Crippen molar-refractivity contribution in [2.75, 3.05) is 42.7 Å². The molecule has 0 aromatic heterocycles. The van der Waals surface area contributed by atoms with E-state index in [0.717, 1.165) is 36.4 Å². The van der Waals surface area contributed by atoms with Gasteiger partial charge in [0.15, 0.2) is 23.0 Å². The zero-order valence-electron chi connectivity index (χ0n) is 26.5. The fourth-order valence-corrected chi connectivity index (χ4v) is 5.12. The molecule has 0 spiro atoms. The molecule has 0 fully saturated rings. The minimum atomic E-state index is -1.14. The zero-order chi connectivity index (χ0) is 35.4. The maximum absolute atomic E-state index is 13.7. The summed E-state index contributed by atoms with van der Waals surface area (Å²) >= 11 is 0. The molecule has 0 saturated heterocycles. The van der Waals surface area contributed by atoms with Gasteiger partial charge in [-0.2, -0.15) is 0 Å². The molecule has 0 unspecified atom stereocenters. The third-order valence-electron chi connectivity index (χ3n) is 7.13. The van der Waals surface area contributed by atoms with E-state index < -0.39 is 46.1 Å². The summed E-state index contributed by atoms with van der Waals surface area (Å²) in [6.45, 7) is 0. The third-order valence-corrected chi connectivity index (χ3v) is 7.13. The molecule has 4 rings (SSSR count). The van der Waals surface area contributed by atoms with Crippen molar-refractivity contribution in [2.45, 2.75) is 0 Å². The number of aromatic hydroxyl groups is 4. The number of ketones is 4. The summed E-state index contributed by atoms with van der Waals surface area (Å²) in [6, 6.07) is 8.34. The second-order valence-corrected chi connectivity index (χ2v) is 9.94. The number of phenolic OH excluding ortho intramolecular Hbond substituents is 4. The zero-order valence-corrected chi connectivity index (χ0v) is 26.5. The Balaban J connectivity index is 2.05. The van der Waals surface area contributed by atoms with Gasteiger partial charge in [0.05, 0.1) is 53.8 Å². The van der Waals surface area contributed by atoms with Crippen LogP contribution in [0.5, 0.6) is 57.5 Å². The summed E-state index contributed by atoms with van der Waals surface area (Å²) in [5, 5.41) is 39.6. The average Bonchev–Trinajstić information content (AvgIpc) is 3.07. The van der Waals surface area contributed by atoms with E-state index in [9.17, 15) is 39.6 Å². The summed E-state index contributed by atoms with van der Waals surface area (Å²) in [5.74, 6) is -7.24. The number of methoxy groups -OCH3 is 6. The highest BCUT2D eigenvalue weighted by atomic mass is 16.5. The van der Waals surface area contributed by atoms with Crippen molar-refractivity contribution in [1.29, 1.82) is 0 Å². The molecule has 4 aromatic rings. The van der Waals surface area contributed by atoms with Crippen LogP contribution in [0, 0.1) is 0 Å². The van der Waals surface area contributed by atoms with E-state index in [-0.39, 0.29) is 67.9 Å². The molecule has 4 N–H and O–H groups in total. The van der Waals surface area contributed by atoms with Crippen LogP contribution in [0.4, 0.5) is 0 Å². The van der Waals surface area contributed by atoms with Crippen LogP contribution in [0.15, 0.2) is 48.5 Å². The summed E-state index contributed by atoms with van der Waals surface area (Å²) in [6.07, 6.45) is 0. The molecule has 0 amide bonds. The van der Waals surface area contributed by atoms with Crippen LogP contribution in [0.1, 0.15) is 41.4 Å². The van der Waals surface area contributed by atoms with Crippen molar-refractivity contribution in [2.24, 2.45) is 0 Å². The molecule has 0 heterocycles. The van der Waals surface area contributed by atoms with E-state index in [0.29, 0.717) is 0 Å². The molecule has 250 valence electrons. The van der Waals surface area contributed by atoms with Gasteiger partial charge in [-0.3, -0.25) is 19.2 Å². The monoisotopic (exact) mass is 662 g/mol. The minimum Gasteiger partial charge on any atom is -0.508 e. The standard InChI is InChI=1S/C34H30O14/c1-43-29-21(13-23(31(45-3)33(29)47-5)27(41)25(39)15-7-17(35)11-18(36)8-15)22-14-24(32(46-4)34(48-6)30(22)44-2)28(42)26(40)16-9-19(37)12-20(38)10-16/h7-14,35-38H,1-6H3. The number of hydrogen-bond donors (Lipinski definition) is 4. The van der Waals surface area contributed by atoms with Crippen LogP contribution in [-0.2, 0) is 0 Å². The van der Waals surface area contributed by atoms with Gasteiger partial charge < -0.3 is 48.8 Å². The quantitative estimate of drug-likeness (QED) is 0.116. The first-order chi connectivity index (χ1) is 22.8. The van der Waals surface area contributed by atoms with E-state index in [2.05, 4.69) is 0 Å². The summed E-state index contributed by atoms with van der Waals surface area (Å²) in [4.78, 5) is 54.2. The van der Waals surface area contributed by atoms with Crippen LogP contribution in [0.25, 0.3) is 11.1 Å². The van der Waals surface area contributed by atoms with Gasteiger partial charge in [-0.05, 0) is 36.4 Å². The number of hydrogen-bond acceptors (Lipinski definition) is 14. The number of carbonyl (C=O) groups is 4. The molecule has 0 saturated carbocycles. The fourth-order valence-electron chi connectivity index (χ4n) is 5.12. The van der Waals surface area contributed by atoms with Crippen LogP contribution in [0.3, 0.4) is 0 Å². The maximum Gasteiger partial charge on any atom is 0.237 e. The average molecular weight is 663 g/mol. The highest BCUT2D eigenvalue weighted by molar-refractivity contribution is 6.50. The van der Waals surface area contributed by atoms with Crippen LogP contribution in [0.2, 0.25) is 0 Å². The number of rotatable bonds is 13. The number of carbonyl (C=O) groups excluding carboxylic acids is 4. The SMILES string of the molecule is COc1c(C(=O)C(=O)c2cc(O)cc(O)c2)cc(-c2cc(C(=O)C(=O)c3cc(O)cc(O)c3)c(OC)c(OC)c2OC)c(OC)c1OC. The highest BCUT2D eigenvalue weighted by Crippen LogP contribution is 2.53. The van der Waals surface area contributed by atoms with Gasteiger partial charge in [-0.25, -0.2) is 0 Å². The topological polar surface area (TPSA) is 205 Å². The Hall–Kier alpha value is -6.44. The molecular formula is C34H30O14. The maximum atomic E-state index is 13.7. The van der Waals surface area contributed by atoms with Crippen LogP contribution >= 0.6 is 0 Å². The Kier molecular flexibility index (Phi) is 9.98. The number of phenols is 4. The number of benzene rings is 4. The van der Waals surface area contributed by atoms with Gasteiger partial charge in [-0.15, -0.1) is 0 Å². The Labute approximate surface area is 273 Å². The molecule has 48 heavy (non-hydrogen) atoms. The van der Waals surface area contributed by atoms with E-state index in [1.165, 1.54) is 54.8 Å². The second kappa shape index (κ2) is 13.9. The highest BCUT2D eigenvalue weighted by Gasteiger charge is 2.34. The van der Waals surface area contributed by atoms with Gasteiger partial charge >= 0.3 is 0 Å². The number of Topliss-reactive ketones (excluding diaryl/α,β-unsaturated/α-hetero) is 4. The summed E-state index contributed by atoms with van der Waals surface area (Å²) in [7, 11) is 7.49. The van der Waals surface area contributed by atoms with Crippen LogP contribution in [-0.4, -0.2) is 86.2 Å². The molecule has 4 aromatic carbocycles. The van der Waals surface area contributed by atoms with E-state index in [1.807, 2.05) is 0 Å². The Morgan fingerprint density at radius 1 is 0.375 bits per heavy atom. The Morgan fingerprint density at radius 2 is 0.646 bits per heavy atom. The van der Waals surface area contributed by atoms with Gasteiger partial charge in [0, 0.05) is 34.4 Å². The van der Waals surface area contributed by atoms with Gasteiger partial charge in [-0.1, -0.05) is 0 Å². The van der Waals surface area contributed by atoms with E-state index in [4.69, 9.17) is 28.4 Å². The first-order valence-electron chi connectivity index (χ1n) is 13.8. The lowest BCUT2D eigenvalue weighted by Crippen LogP contribution is -2.17. The largest absolute Gasteiger partial charge is 0.508 e. The molecule has 0 atom stereocenters. The lowest BCUT2D eigenvalue weighted by atomic mass is 9.91. The molecule has 0 aliphatic heterocycles. The normalized spacial score (nSPS) is 10.5. The molecule has 0 radical (unpaired) electrons.